The molecule has 0 atom stereocenters. The maximum absolute atomic E-state index is 8.70. The first-order valence-electron chi connectivity index (χ1n) is 4.94. The molecule has 0 saturated heterocycles. The van der Waals surface area contributed by atoms with Crippen LogP contribution >= 0.6 is 0 Å². The molecule has 82 valence electrons. The Morgan fingerprint density at radius 3 is 2.69 bits per heavy atom. The van der Waals surface area contributed by atoms with Crippen LogP contribution in [0.1, 0.15) is 32.2 Å². The molecular weight excluding hydrogens is 204 g/mol. The van der Waals surface area contributed by atoms with Crippen LogP contribution in [0.15, 0.2) is 16.8 Å². The summed E-state index contributed by atoms with van der Waals surface area (Å²) >= 11 is 0. The number of rotatable bonds is 1. The summed E-state index contributed by atoms with van der Waals surface area (Å²) in [5.74, 6) is 1.06. The highest BCUT2D eigenvalue weighted by atomic mass is 16.5. The Bertz CT molecular complexity index is 539. The minimum absolute atomic E-state index is 0.146. The average Bonchev–Trinajstić information content (AvgIpc) is 2.85. The van der Waals surface area contributed by atoms with Crippen molar-refractivity contribution in [3.05, 3.63) is 23.7 Å². The Balaban J connectivity index is 2.36. The van der Waals surface area contributed by atoms with Gasteiger partial charge in [-0.05, 0) is 6.07 Å². The van der Waals surface area contributed by atoms with Crippen LogP contribution < -0.4 is 0 Å². The Hall–Kier alpha value is -2.09. The average molecular weight is 216 g/mol. The van der Waals surface area contributed by atoms with Crippen molar-refractivity contribution in [3.8, 4) is 17.7 Å². The van der Waals surface area contributed by atoms with E-state index in [1.54, 1.807) is 12.3 Å². The van der Waals surface area contributed by atoms with Gasteiger partial charge >= 0.3 is 0 Å². The minimum Gasteiger partial charge on any atom is -0.356 e. The van der Waals surface area contributed by atoms with Gasteiger partial charge in [-0.3, -0.25) is 0 Å². The van der Waals surface area contributed by atoms with Crippen LogP contribution in [0.4, 0.5) is 0 Å². The van der Waals surface area contributed by atoms with E-state index in [-0.39, 0.29) is 5.41 Å². The molecule has 0 unspecified atom stereocenters. The largest absolute Gasteiger partial charge is 0.356 e. The van der Waals surface area contributed by atoms with Gasteiger partial charge in [0, 0.05) is 11.6 Å². The molecule has 0 aliphatic rings. The fourth-order valence-electron chi connectivity index (χ4n) is 1.22. The molecule has 5 heteroatoms. The van der Waals surface area contributed by atoms with Crippen LogP contribution in [0.5, 0.6) is 0 Å². The van der Waals surface area contributed by atoms with Crippen molar-refractivity contribution in [3.63, 3.8) is 0 Å². The van der Waals surface area contributed by atoms with Crippen molar-refractivity contribution in [1.82, 2.24) is 15.1 Å². The number of H-pyrrole nitrogens is 1. The Morgan fingerprint density at radius 2 is 2.19 bits per heavy atom. The van der Waals surface area contributed by atoms with E-state index >= 15 is 0 Å². The predicted octanol–water partition coefficient (Wildman–Crippen LogP) is 2.23. The second-order valence-electron chi connectivity index (χ2n) is 4.59. The summed E-state index contributed by atoms with van der Waals surface area (Å²) in [5, 5.41) is 12.6. The number of hydrogen-bond acceptors (Lipinski definition) is 4. The van der Waals surface area contributed by atoms with E-state index in [0.717, 1.165) is 0 Å². The van der Waals surface area contributed by atoms with Gasteiger partial charge in [0.25, 0.3) is 5.89 Å². The molecule has 0 aromatic carbocycles. The zero-order valence-electron chi connectivity index (χ0n) is 9.40. The van der Waals surface area contributed by atoms with Gasteiger partial charge < -0.3 is 9.51 Å². The quantitative estimate of drug-likeness (QED) is 0.792. The molecule has 2 heterocycles. The third-order valence-corrected chi connectivity index (χ3v) is 2.14. The molecule has 2 aromatic heterocycles. The molecule has 0 aliphatic carbocycles. The Kier molecular flexibility index (Phi) is 2.27. The van der Waals surface area contributed by atoms with Gasteiger partial charge in [-0.15, -0.1) is 0 Å². The van der Waals surface area contributed by atoms with Crippen molar-refractivity contribution >= 4 is 0 Å². The van der Waals surface area contributed by atoms with E-state index in [4.69, 9.17) is 9.78 Å². The van der Waals surface area contributed by atoms with E-state index in [1.807, 2.05) is 26.8 Å². The number of aromatic amines is 1. The van der Waals surface area contributed by atoms with E-state index in [2.05, 4.69) is 15.1 Å². The SMILES string of the molecule is CC(C)(C)c1noc(-c2cc(C#N)c[nH]2)n1. The fraction of sp³-hybridized carbons (Fsp3) is 0.364. The molecule has 16 heavy (non-hydrogen) atoms. The van der Waals surface area contributed by atoms with Gasteiger partial charge in [-0.2, -0.15) is 10.2 Å². The highest BCUT2D eigenvalue weighted by Gasteiger charge is 2.21. The lowest BCUT2D eigenvalue weighted by molar-refractivity contribution is 0.401. The number of aromatic nitrogens is 3. The minimum atomic E-state index is -0.146. The van der Waals surface area contributed by atoms with Crippen molar-refractivity contribution < 1.29 is 4.52 Å². The van der Waals surface area contributed by atoms with Gasteiger partial charge in [-0.1, -0.05) is 25.9 Å². The lowest BCUT2D eigenvalue weighted by Crippen LogP contribution is -2.13. The highest BCUT2D eigenvalue weighted by molar-refractivity contribution is 5.51. The first-order valence-corrected chi connectivity index (χ1v) is 4.94. The molecule has 0 aliphatic heterocycles. The summed E-state index contributed by atoms with van der Waals surface area (Å²) in [4.78, 5) is 7.20. The lowest BCUT2D eigenvalue weighted by Gasteiger charge is -2.10. The van der Waals surface area contributed by atoms with Gasteiger partial charge in [0.2, 0.25) is 0 Å². The number of hydrogen-bond donors (Lipinski definition) is 1. The lowest BCUT2D eigenvalue weighted by atomic mass is 9.96. The molecule has 0 fully saturated rings. The maximum Gasteiger partial charge on any atom is 0.274 e. The van der Waals surface area contributed by atoms with Crippen LogP contribution in [0.25, 0.3) is 11.6 Å². The van der Waals surface area contributed by atoms with Crippen molar-refractivity contribution in [2.45, 2.75) is 26.2 Å². The number of nitrogens with zero attached hydrogens (tertiary/aromatic N) is 3. The smallest absolute Gasteiger partial charge is 0.274 e. The Morgan fingerprint density at radius 1 is 1.44 bits per heavy atom. The van der Waals surface area contributed by atoms with Gasteiger partial charge in [0.15, 0.2) is 5.82 Å². The van der Waals surface area contributed by atoms with Crippen molar-refractivity contribution in [1.29, 1.82) is 5.26 Å². The second kappa shape index (κ2) is 3.49. The summed E-state index contributed by atoms with van der Waals surface area (Å²) < 4.78 is 5.13. The summed E-state index contributed by atoms with van der Waals surface area (Å²) in [5.41, 5.74) is 1.07. The number of nitriles is 1. The van der Waals surface area contributed by atoms with Crippen LogP contribution in [-0.2, 0) is 5.41 Å². The third-order valence-electron chi connectivity index (χ3n) is 2.14. The molecule has 0 saturated carbocycles. The van der Waals surface area contributed by atoms with E-state index < -0.39 is 0 Å². The van der Waals surface area contributed by atoms with E-state index in [0.29, 0.717) is 23.0 Å². The van der Waals surface area contributed by atoms with Gasteiger partial charge in [0.05, 0.1) is 5.56 Å². The van der Waals surface area contributed by atoms with E-state index in [1.165, 1.54) is 0 Å². The monoisotopic (exact) mass is 216 g/mol. The second-order valence-corrected chi connectivity index (χ2v) is 4.59. The number of nitrogens with one attached hydrogen (secondary N) is 1. The van der Waals surface area contributed by atoms with Crippen molar-refractivity contribution in [2.75, 3.05) is 0 Å². The molecule has 2 aromatic rings. The van der Waals surface area contributed by atoms with Gasteiger partial charge in [-0.25, -0.2) is 0 Å². The predicted molar refractivity (Wildman–Crippen MR) is 57.5 cm³/mol. The molecule has 0 bridgehead atoms. The fourth-order valence-corrected chi connectivity index (χ4v) is 1.22. The Labute approximate surface area is 93.1 Å². The summed E-state index contributed by atoms with van der Waals surface area (Å²) in [6.45, 7) is 6.03. The third kappa shape index (κ3) is 1.82. The standard InChI is InChI=1S/C11H12N4O/c1-11(2,3)10-14-9(16-15-10)8-4-7(5-12)6-13-8/h4,6,13H,1-3H3. The molecule has 1 N–H and O–H groups in total. The van der Waals surface area contributed by atoms with Crippen LogP contribution in [-0.4, -0.2) is 15.1 Å². The normalized spacial score (nSPS) is 11.4. The van der Waals surface area contributed by atoms with Crippen LogP contribution in [0, 0.1) is 11.3 Å². The van der Waals surface area contributed by atoms with E-state index in [9.17, 15) is 0 Å². The zero-order valence-corrected chi connectivity index (χ0v) is 9.40. The first kappa shape index (κ1) is 10.4. The van der Waals surface area contributed by atoms with Crippen LogP contribution in [0.2, 0.25) is 0 Å². The molecule has 2 rings (SSSR count). The summed E-state index contributed by atoms with van der Waals surface area (Å²) in [6.07, 6.45) is 1.61. The summed E-state index contributed by atoms with van der Waals surface area (Å²) in [6, 6.07) is 3.71. The first-order chi connectivity index (χ1) is 7.50. The van der Waals surface area contributed by atoms with Crippen molar-refractivity contribution in [2.24, 2.45) is 0 Å². The molecule has 0 spiro atoms. The van der Waals surface area contributed by atoms with Crippen LogP contribution in [0.3, 0.4) is 0 Å². The maximum atomic E-state index is 8.70. The highest BCUT2D eigenvalue weighted by Crippen LogP contribution is 2.23. The molecular formula is C11H12N4O. The zero-order chi connectivity index (χ0) is 11.8. The topological polar surface area (TPSA) is 78.5 Å². The molecule has 5 nitrogen and oxygen atoms in total. The summed E-state index contributed by atoms with van der Waals surface area (Å²) in [7, 11) is 0. The molecule has 0 radical (unpaired) electrons. The van der Waals surface area contributed by atoms with Gasteiger partial charge in [0.1, 0.15) is 11.8 Å². The molecule has 0 amide bonds.